The standard InChI is InChI=1S/C15H14ClN3O2/c16-12-7-13(19-14(18-12)10-4-5-10)17-8-9-2-1-3-11(6-9)15(20)21/h1-3,6-7,10H,4-5,8H2,(H,20,21)(H,17,18,19). The molecule has 1 aliphatic rings. The summed E-state index contributed by atoms with van der Waals surface area (Å²) in [6.45, 7) is 0.485. The number of carboxylic acids is 1. The Kier molecular flexibility index (Phi) is 3.75. The summed E-state index contributed by atoms with van der Waals surface area (Å²) < 4.78 is 0. The lowest BCUT2D eigenvalue weighted by molar-refractivity contribution is 0.0697. The number of benzene rings is 1. The molecule has 0 radical (unpaired) electrons. The van der Waals surface area contributed by atoms with Crippen molar-refractivity contribution in [1.82, 2.24) is 9.97 Å². The van der Waals surface area contributed by atoms with Crippen LogP contribution in [0, 0.1) is 0 Å². The molecule has 6 heteroatoms. The summed E-state index contributed by atoms with van der Waals surface area (Å²) in [6, 6.07) is 8.47. The van der Waals surface area contributed by atoms with Crippen LogP contribution in [0.1, 0.15) is 40.5 Å². The molecule has 0 atom stereocenters. The van der Waals surface area contributed by atoms with Crippen LogP contribution < -0.4 is 5.32 Å². The van der Waals surface area contributed by atoms with Crippen LogP contribution in [-0.2, 0) is 6.54 Å². The van der Waals surface area contributed by atoms with Gasteiger partial charge in [-0.3, -0.25) is 0 Å². The molecule has 0 amide bonds. The highest BCUT2D eigenvalue weighted by atomic mass is 35.5. The van der Waals surface area contributed by atoms with Gasteiger partial charge in [0.2, 0.25) is 0 Å². The van der Waals surface area contributed by atoms with Crippen molar-refractivity contribution in [1.29, 1.82) is 0 Å². The zero-order valence-electron chi connectivity index (χ0n) is 11.2. The number of nitrogens with one attached hydrogen (secondary N) is 1. The third-order valence-electron chi connectivity index (χ3n) is 3.30. The molecule has 3 rings (SSSR count). The molecule has 0 saturated heterocycles. The molecular formula is C15H14ClN3O2. The Morgan fingerprint density at radius 1 is 1.33 bits per heavy atom. The number of aromatic carboxylic acids is 1. The number of hydrogen-bond donors (Lipinski definition) is 2. The van der Waals surface area contributed by atoms with E-state index < -0.39 is 5.97 Å². The molecule has 2 aromatic rings. The number of aromatic nitrogens is 2. The van der Waals surface area contributed by atoms with E-state index in [-0.39, 0.29) is 5.56 Å². The lowest BCUT2D eigenvalue weighted by Gasteiger charge is -2.08. The Morgan fingerprint density at radius 2 is 2.14 bits per heavy atom. The highest BCUT2D eigenvalue weighted by Crippen LogP contribution is 2.38. The number of nitrogens with zero attached hydrogens (tertiary/aromatic N) is 2. The topological polar surface area (TPSA) is 75.1 Å². The SMILES string of the molecule is O=C(O)c1cccc(CNc2cc(Cl)nc(C3CC3)n2)c1. The molecule has 0 spiro atoms. The molecule has 5 nitrogen and oxygen atoms in total. The van der Waals surface area contributed by atoms with E-state index in [0.29, 0.717) is 23.4 Å². The molecular weight excluding hydrogens is 290 g/mol. The second kappa shape index (κ2) is 5.69. The normalized spacial score (nSPS) is 14.0. The monoisotopic (exact) mass is 303 g/mol. The van der Waals surface area contributed by atoms with Crippen LogP contribution in [0.15, 0.2) is 30.3 Å². The minimum atomic E-state index is -0.932. The second-order valence-corrected chi connectivity index (χ2v) is 5.45. The molecule has 108 valence electrons. The van der Waals surface area contributed by atoms with Gasteiger partial charge in [0.1, 0.15) is 16.8 Å². The molecule has 21 heavy (non-hydrogen) atoms. The quantitative estimate of drug-likeness (QED) is 0.829. The Hall–Kier alpha value is -2.14. The van der Waals surface area contributed by atoms with E-state index in [2.05, 4.69) is 15.3 Å². The Bertz CT molecular complexity index is 686. The predicted octanol–water partition coefficient (Wildman–Crippen LogP) is 3.32. The summed E-state index contributed by atoms with van der Waals surface area (Å²) in [6.07, 6.45) is 2.22. The maximum atomic E-state index is 10.9. The van der Waals surface area contributed by atoms with E-state index >= 15 is 0 Å². The van der Waals surface area contributed by atoms with E-state index in [1.807, 2.05) is 6.07 Å². The Morgan fingerprint density at radius 3 is 2.86 bits per heavy atom. The average Bonchev–Trinajstić information content (AvgIpc) is 3.29. The van der Waals surface area contributed by atoms with Crippen LogP contribution in [0.3, 0.4) is 0 Å². The van der Waals surface area contributed by atoms with E-state index in [1.165, 1.54) is 0 Å². The molecule has 1 saturated carbocycles. The summed E-state index contributed by atoms with van der Waals surface area (Å²) in [5.41, 5.74) is 1.14. The molecule has 1 fully saturated rings. The van der Waals surface area contributed by atoms with E-state index in [9.17, 15) is 4.79 Å². The lowest BCUT2D eigenvalue weighted by atomic mass is 10.1. The van der Waals surface area contributed by atoms with Crippen molar-refractivity contribution in [2.24, 2.45) is 0 Å². The Balaban J connectivity index is 1.72. The van der Waals surface area contributed by atoms with Crippen molar-refractivity contribution in [2.75, 3.05) is 5.32 Å². The molecule has 1 aromatic carbocycles. The van der Waals surface area contributed by atoms with Gasteiger partial charge in [0.05, 0.1) is 5.56 Å². The van der Waals surface area contributed by atoms with Gasteiger partial charge in [0.15, 0.2) is 0 Å². The summed E-state index contributed by atoms with van der Waals surface area (Å²) in [7, 11) is 0. The van der Waals surface area contributed by atoms with E-state index in [0.717, 1.165) is 24.2 Å². The Labute approximate surface area is 127 Å². The van der Waals surface area contributed by atoms with Crippen LogP contribution in [0.5, 0.6) is 0 Å². The molecule has 1 aromatic heterocycles. The lowest BCUT2D eigenvalue weighted by Crippen LogP contribution is -2.05. The molecule has 0 aliphatic heterocycles. The maximum Gasteiger partial charge on any atom is 0.335 e. The van der Waals surface area contributed by atoms with E-state index in [1.54, 1.807) is 24.3 Å². The highest BCUT2D eigenvalue weighted by molar-refractivity contribution is 6.29. The van der Waals surface area contributed by atoms with E-state index in [4.69, 9.17) is 16.7 Å². The zero-order chi connectivity index (χ0) is 14.8. The first-order valence-corrected chi connectivity index (χ1v) is 7.10. The molecule has 2 N–H and O–H groups in total. The molecule has 1 heterocycles. The second-order valence-electron chi connectivity index (χ2n) is 5.07. The number of rotatable bonds is 5. The van der Waals surface area contributed by atoms with Crippen LogP contribution in [0.4, 0.5) is 5.82 Å². The largest absolute Gasteiger partial charge is 0.478 e. The first-order chi connectivity index (χ1) is 10.1. The maximum absolute atomic E-state index is 10.9. The van der Waals surface area contributed by atoms with Gasteiger partial charge in [-0.05, 0) is 30.5 Å². The van der Waals surface area contributed by atoms with Crippen LogP contribution >= 0.6 is 11.6 Å². The van der Waals surface area contributed by atoms with Crippen molar-refractivity contribution in [3.05, 3.63) is 52.4 Å². The number of carboxylic acid groups (broad SMARTS) is 1. The van der Waals surface area contributed by atoms with Crippen molar-refractivity contribution in [3.63, 3.8) is 0 Å². The highest BCUT2D eigenvalue weighted by Gasteiger charge is 2.27. The zero-order valence-corrected chi connectivity index (χ0v) is 12.0. The fourth-order valence-electron chi connectivity index (χ4n) is 2.06. The third kappa shape index (κ3) is 3.49. The minimum Gasteiger partial charge on any atom is -0.478 e. The number of halogens is 1. The summed E-state index contributed by atoms with van der Waals surface area (Å²) in [4.78, 5) is 19.6. The van der Waals surface area contributed by atoms with Gasteiger partial charge in [-0.1, -0.05) is 23.7 Å². The number of carbonyl (C=O) groups is 1. The third-order valence-corrected chi connectivity index (χ3v) is 3.50. The van der Waals surface area contributed by atoms with Gasteiger partial charge in [0, 0.05) is 18.5 Å². The summed E-state index contributed by atoms with van der Waals surface area (Å²) in [5.74, 6) is 0.944. The smallest absolute Gasteiger partial charge is 0.335 e. The first-order valence-electron chi connectivity index (χ1n) is 6.72. The van der Waals surface area contributed by atoms with Gasteiger partial charge in [-0.15, -0.1) is 0 Å². The van der Waals surface area contributed by atoms with Crippen LogP contribution in [0.2, 0.25) is 5.15 Å². The summed E-state index contributed by atoms with van der Waals surface area (Å²) >= 11 is 6.00. The molecule has 0 unspecified atom stereocenters. The fourth-order valence-corrected chi connectivity index (χ4v) is 2.25. The first kappa shape index (κ1) is 13.8. The molecule has 0 bridgehead atoms. The number of hydrogen-bond acceptors (Lipinski definition) is 4. The van der Waals surface area contributed by atoms with Gasteiger partial charge in [-0.2, -0.15) is 0 Å². The van der Waals surface area contributed by atoms with Crippen LogP contribution in [-0.4, -0.2) is 21.0 Å². The predicted molar refractivity (Wildman–Crippen MR) is 79.7 cm³/mol. The van der Waals surface area contributed by atoms with Crippen LogP contribution in [0.25, 0.3) is 0 Å². The molecule has 1 aliphatic carbocycles. The van der Waals surface area contributed by atoms with Crippen molar-refractivity contribution in [2.45, 2.75) is 25.3 Å². The number of anilines is 1. The van der Waals surface area contributed by atoms with Gasteiger partial charge in [0.25, 0.3) is 0 Å². The van der Waals surface area contributed by atoms with Crippen molar-refractivity contribution < 1.29 is 9.90 Å². The van der Waals surface area contributed by atoms with Gasteiger partial charge < -0.3 is 10.4 Å². The summed E-state index contributed by atoms with van der Waals surface area (Å²) in [5, 5.41) is 12.6. The van der Waals surface area contributed by atoms with Crippen molar-refractivity contribution in [3.8, 4) is 0 Å². The minimum absolute atomic E-state index is 0.272. The average molecular weight is 304 g/mol. The van der Waals surface area contributed by atoms with Gasteiger partial charge in [-0.25, -0.2) is 14.8 Å². The van der Waals surface area contributed by atoms with Crippen molar-refractivity contribution >= 4 is 23.4 Å². The van der Waals surface area contributed by atoms with Gasteiger partial charge >= 0.3 is 5.97 Å². The fraction of sp³-hybridized carbons (Fsp3) is 0.267.